The van der Waals surface area contributed by atoms with Crippen LogP contribution in [0.2, 0.25) is 5.02 Å². The minimum Gasteiger partial charge on any atom is -0.481 e. The molecule has 0 saturated heterocycles. The van der Waals surface area contributed by atoms with Gasteiger partial charge in [-0.1, -0.05) is 11.6 Å². The lowest BCUT2D eigenvalue weighted by atomic mass is 10.1. The van der Waals surface area contributed by atoms with E-state index in [1.807, 2.05) is 13.8 Å². The number of amides is 1. The van der Waals surface area contributed by atoms with Crippen LogP contribution >= 0.6 is 11.6 Å². The Bertz CT molecular complexity index is 1110. The van der Waals surface area contributed by atoms with Crippen LogP contribution in [0.1, 0.15) is 18.1 Å². The molecule has 0 fully saturated rings. The van der Waals surface area contributed by atoms with Crippen molar-refractivity contribution in [3.05, 3.63) is 57.0 Å². The van der Waals surface area contributed by atoms with Crippen molar-refractivity contribution in [3.63, 3.8) is 0 Å². The fourth-order valence-electron chi connectivity index (χ4n) is 2.90. The number of aromatic amines is 2. The molecule has 3 rings (SSSR count). The molecule has 2 aromatic carbocycles. The summed E-state index contributed by atoms with van der Waals surface area (Å²) in [5, 5.41) is 3.22. The fraction of sp³-hybridized carbons (Fsp3) is 0.250. The monoisotopic (exact) mass is 417 g/mol. The number of carbonyl (C=O) groups is 2. The Morgan fingerprint density at radius 1 is 1.10 bits per heavy atom. The van der Waals surface area contributed by atoms with E-state index in [9.17, 15) is 14.4 Å². The summed E-state index contributed by atoms with van der Waals surface area (Å²) < 4.78 is 10.7. The van der Waals surface area contributed by atoms with E-state index in [2.05, 4.69) is 15.3 Å². The molecule has 3 aromatic rings. The molecule has 1 heterocycles. The number of halogens is 1. The number of imidazole rings is 1. The minimum atomic E-state index is -1.03. The zero-order chi connectivity index (χ0) is 21.1. The van der Waals surface area contributed by atoms with Crippen LogP contribution in [0.3, 0.4) is 0 Å². The van der Waals surface area contributed by atoms with E-state index in [1.54, 1.807) is 30.3 Å². The number of hydrogen-bond acceptors (Lipinski definition) is 5. The fourth-order valence-corrected chi connectivity index (χ4v) is 3.22. The van der Waals surface area contributed by atoms with Crippen molar-refractivity contribution in [2.45, 2.75) is 26.9 Å². The summed E-state index contributed by atoms with van der Waals surface area (Å²) in [6.45, 7) is 4.77. The maximum Gasteiger partial charge on any atom is 0.344 e. The predicted octanol–water partition coefficient (Wildman–Crippen LogP) is 3.08. The number of rotatable bonds is 6. The van der Waals surface area contributed by atoms with Crippen molar-refractivity contribution in [1.29, 1.82) is 0 Å². The smallest absolute Gasteiger partial charge is 0.344 e. The summed E-state index contributed by atoms with van der Waals surface area (Å²) in [5.41, 5.74) is 2.90. The van der Waals surface area contributed by atoms with E-state index in [-0.39, 0.29) is 12.3 Å². The molecule has 1 atom stereocenters. The molecule has 29 heavy (non-hydrogen) atoms. The highest BCUT2D eigenvalue weighted by Crippen LogP contribution is 2.27. The zero-order valence-electron chi connectivity index (χ0n) is 16.1. The number of ether oxygens (including phenoxy) is 2. The van der Waals surface area contributed by atoms with E-state index in [4.69, 9.17) is 21.1 Å². The summed E-state index contributed by atoms with van der Waals surface area (Å²) in [6.07, 6.45) is -1.03. The van der Waals surface area contributed by atoms with Gasteiger partial charge >= 0.3 is 11.7 Å². The summed E-state index contributed by atoms with van der Waals surface area (Å²) in [5.74, 6) is -0.626. The summed E-state index contributed by atoms with van der Waals surface area (Å²) in [7, 11) is 0. The Kier molecular flexibility index (Phi) is 5.93. The topological polar surface area (TPSA) is 113 Å². The lowest BCUT2D eigenvalue weighted by molar-refractivity contribution is -0.155. The van der Waals surface area contributed by atoms with Crippen molar-refractivity contribution in [2.75, 3.05) is 11.9 Å². The lowest BCUT2D eigenvalue weighted by Crippen LogP contribution is -2.31. The van der Waals surface area contributed by atoms with Gasteiger partial charge in [0.2, 0.25) is 0 Å². The number of carbonyl (C=O) groups excluding carboxylic acids is 2. The maximum atomic E-state index is 12.3. The Morgan fingerprint density at radius 3 is 2.45 bits per heavy atom. The summed E-state index contributed by atoms with van der Waals surface area (Å²) in [4.78, 5) is 40.9. The number of hydrogen-bond donors (Lipinski definition) is 3. The molecule has 1 aromatic heterocycles. The molecular formula is C20H20ClN3O5. The number of nitrogens with one attached hydrogen (secondary N) is 3. The minimum absolute atomic E-state index is 0.336. The van der Waals surface area contributed by atoms with E-state index < -0.39 is 18.0 Å². The van der Waals surface area contributed by atoms with Gasteiger partial charge in [0.25, 0.3) is 5.91 Å². The summed E-state index contributed by atoms with van der Waals surface area (Å²) in [6, 6.07) is 8.37. The van der Waals surface area contributed by atoms with Crippen LogP contribution in [0.5, 0.6) is 5.75 Å². The second-order valence-corrected chi connectivity index (χ2v) is 7.05. The molecule has 0 aliphatic rings. The average molecular weight is 418 g/mol. The molecule has 0 saturated carbocycles. The molecule has 0 radical (unpaired) electrons. The number of aromatic nitrogens is 2. The van der Waals surface area contributed by atoms with Gasteiger partial charge in [0, 0.05) is 10.7 Å². The number of anilines is 1. The van der Waals surface area contributed by atoms with Crippen LogP contribution in [0, 0.1) is 13.8 Å². The second kappa shape index (κ2) is 8.40. The van der Waals surface area contributed by atoms with E-state index in [0.29, 0.717) is 27.5 Å². The standard InChI is InChI=1S/C20H20ClN3O5/c1-10-6-13(21)7-11(2)18(10)28-9-17(25)29-12(3)19(26)22-14-4-5-15-16(8-14)24-20(27)23-15/h4-8,12H,9H2,1-3H3,(H,22,26)(H2,23,24,27)/t12-/m0/s1. The van der Waals surface area contributed by atoms with E-state index >= 15 is 0 Å². The van der Waals surface area contributed by atoms with Crippen molar-refractivity contribution in [3.8, 4) is 5.75 Å². The van der Waals surface area contributed by atoms with Crippen molar-refractivity contribution >= 4 is 40.2 Å². The Labute approximate surface area is 171 Å². The first-order chi connectivity index (χ1) is 13.7. The van der Waals surface area contributed by atoms with Gasteiger partial charge in [-0.2, -0.15) is 0 Å². The molecule has 0 bridgehead atoms. The first kappa shape index (κ1) is 20.5. The van der Waals surface area contributed by atoms with Crippen molar-refractivity contribution < 1.29 is 19.1 Å². The highest BCUT2D eigenvalue weighted by atomic mass is 35.5. The number of benzene rings is 2. The van der Waals surface area contributed by atoms with Crippen molar-refractivity contribution in [1.82, 2.24) is 9.97 Å². The molecule has 0 aliphatic carbocycles. The van der Waals surface area contributed by atoms with Crippen LogP contribution in [-0.4, -0.2) is 34.6 Å². The highest BCUT2D eigenvalue weighted by molar-refractivity contribution is 6.30. The molecular weight excluding hydrogens is 398 g/mol. The Hall–Kier alpha value is -3.26. The first-order valence-corrected chi connectivity index (χ1v) is 9.22. The highest BCUT2D eigenvalue weighted by Gasteiger charge is 2.19. The quantitative estimate of drug-likeness (QED) is 0.533. The van der Waals surface area contributed by atoms with Gasteiger partial charge in [0.1, 0.15) is 5.75 Å². The van der Waals surface area contributed by atoms with Gasteiger partial charge in [-0.05, 0) is 62.2 Å². The third-order valence-corrected chi connectivity index (χ3v) is 4.44. The van der Waals surface area contributed by atoms with E-state index in [1.165, 1.54) is 6.92 Å². The SMILES string of the molecule is Cc1cc(Cl)cc(C)c1OCC(=O)O[C@@H](C)C(=O)Nc1ccc2[nH]c(=O)[nH]c2c1. The third-order valence-electron chi connectivity index (χ3n) is 4.22. The number of aryl methyl sites for hydroxylation is 2. The normalized spacial score (nSPS) is 11.9. The summed E-state index contributed by atoms with van der Waals surface area (Å²) >= 11 is 5.98. The van der Waals surface area contributed by atoms with Gasteiger partial charge in [0.15, 0.2) is 12.7 Å². The molecule has 0 aliphatic heterocycles. The maximum absolute atomic E-state index is 12.3. The molecule has 9 heteroatoms. The molecule has 8 nitrogen and oxygen atoms in total. The largest absolute Gasteiger partial charge is 0.481 e. The molecule has 1 amide bonds. The lowest BCUT2D eigenvalue weighted by Gasteiger charge is -2.15. The molecule has 0 spiro atoms. The van der Waals surface area contributed by atoms with Crippen LogP contribution in [0.15, 0.2) is 35.1 Å². The van der Waals surface area contributed by atoms with Gasteiger partial charge in [0.05, 0.1) is 11.0 Å². The van der Waals surface area contributed by atoms with Gasteiger partial charge in [-0.15, -0.1) is 0 Å². The number of fused-ring (bicyclic) bond motifs is 1. The predicted molar refractivity (Wildman–Crippen MR) is 110 cm³/mol. The van der Waals surface area contributed by atoms with E-state index in [0.717, 1.165) is 11.1 Å². The van der Waals surface area contributed by atoms with Gasteiger partial charge < -0.3 is 24.8 Å². The van der Waals surface area contributed by atoms with Crippen molar-refractivity contribution in [2.24, 2.45) is 0 Å². The van der Waals surface area contributed by atoms with Crippen LogP contribution in [-0.2, 0) is 14.3 Å². The Balaban J connectivity index is 1.55. The zero-order valence-corrected chi connectivity index (χ0v) is 16.8. The number of H-pyrrole nitrogens is 2. The third kappa shape index (κ3) is 4.97. The van der Waals surface area contributed by atoms with Crippen LogP contribution in [0.25, 0.3) is 11.0 Å². The molecule has 152 valence electrons. The second-order valence-electron chi connectivity index (χ2n) is 6.62. The molecule has 3 N–H and O–H groups in total. The average Bonchev–Trinajstić information content (AvgIpc) is 2.99. The van der Waals surface area contributed by atoms with Gasteiger partial charge in [-0.3, -0.25) is 4.79 Å². The van der Waals surface area contributed by atoms with Gasteiger partial charge in [-0.25, -0.2) is 9.59 Å². The molecule has 0 unspecified atom stereocenters. The Morgan fingerprint density at radius 2 is 1.76 bits per heavy atom. The van der Waals surface area contributed by atoms with Crippen LogP contribution < -0.4 is 15.7 Å². The van der Waals surface area contributed by atoms with Crippen LogP contribution in [0.4, 0.5) is 5.69 Å². The first-order valence-electron chi connectivity index (χ1n) is 8.85. The number of esters is 1.